The number of carbonyl (C=O) groups excluding carboxylic acids is 1. The van der Waals surface area contributed by atoms with Crippen LogP contribution in [0, 0.1) is 5.41 Å². The fourth-order valence-electron chi connectivity index (χ4n) is 3.06. The van der Waals surface area contributed by atoms with Gasteiger partial charge in [-0.15, -0.1) is 0 Å². The van der Waals surface area contributed by atoms with Crippen molar-refractivity contribution in [2.24, 2.45) is 5.41 Å². The first-order valence-corrected chi connectivity index (χ1v) is 8.65. The average Bonchev–Trinajstić information content (AvgIpc) is 2.59. The van der Waals surface area contributed by atoms with Gasteiger partial charge in [-0.3, -0.25) is 9.59 Å². The molecule has 0 radical (unpaired) electrons. The lowest BCUT2D eigenvalue weighted by molar-refractivity contribution is -0.150. The summed E-state index contributed by atoms with van der Waals surface area (Å²) in [5, 5.41) is 12.4. The Morgan fingerprint density at radius 3 is 2.33 bits per heavy atom. The van der Waals surface area contributed by atoms with Crippen molar-refractivity contribution in [3.05, 3.63) is 35.4 Å². The summed E-state index contributed by atoms with van der Waals surface area (Å²) in [6, 6.07) is 7.24. The molecule has 0 unspecified atom stereocenters. The first kappa shape index (κ1) is 18.5. The van der Waals surface area contributed by atoms with E-state index in [1.807, 2.05) is 26.0 Å². The van der Waals surface area contributed by atoms with Gasteiger partial charge in [-0.25, -0.2) is 0 Å². The van der Waals surface area contributed by atoms with Crippen molar-refractivity contribution in [3.63, 3.8) is 0 Å². The first-order chi connectivity index (χ1) is 11.4. The number of hydrogen-bond donors (Lipinski definition) is 2. The standard InChI is InChI=1S/C19H27NO4/c1-14(2)24-12-15-6-8-16(9-7-15)17(21)20-13-19(18(22)23)10-4-3-5-11-19/h6-9,14H,3-5,10-13H2,1-2H3,(H,20,21)(H,22,23). The summed E-state index contributed by atoms with van der Waals surface area (Å²) in [7, 11) is 0. The molecule has 1 aromatic carbocycles. The smallest absolute Gasteiger partial charge is 0.311 e. The number of carboxylic acids is 1. The molecule has 0 aliphatic heterocycles. The molecule has 0 saturated heterocycles. The van der Waals surface area contributed by atoms with Crippen LogP contribution in [-0.4, -0.2) is 29.6 Å². The van der Waals surface area contributed by atoms with E-state index < -0.39 is 11.4 Å². The summed E-state index contributed by atoms with van der Waals surface area (Å²) >= 11 is 0. The molecule has 1 aliphatic carbocycles. The third-order valence-corrected chi connectivity index (χ3v) is 4.65. The highest BCUT2D eigenvalue weighted by atomic mass is 16.5. The second-order valence-electron chi connectivity index (χ2n) is 6.89. The van der Waals surface area contributed by atoms with Gasteiger partial charge in [-0.2, -0.15) is 0 Å². The molecule has 1 amide bonds. The second kappa shape index (κ2) is 8.29. The van der Waals surface area contributed by atoms with E-state index >= 15 is 0 Å². The second-order valence-corrected chi connectivity index (χ2v) is 6.89. The number of hydrogen-bond acceptors (Lipinski definition) is 3. The SMILES string of the molecule is CC(C)OCc1ccc(C(=O)NCC2(C(=O)O)CCCCC2)cc1. The van der Waals surface area contributed by atoms with Crippen LogP contribution in [0.1, 0.15) is 61.9 Å². The Labute approximate surface area is 143 Å². The Morgan fingerprint density at radius 1 is 1.17 bits per heavy atom. The number of benzene rings is 1. The summed E-state index contributed by atoms with van der Waals surface area (Å²) < 4.78 is 5.53. The molecule has 0 bridgehead atoms. The van der Waals surface area contributed by atoms with Crippen molar-refractivity contribution in [1.29, 1.82) is 0 Å². The lowest BCUT2D eigenvalue weighted by atomic mass is 9.74. The largest absolute Gasteiger partial charge is 0.481 e. The molecule has 1 aliphatic rings. The van der Waals surface area contributed by atoms with Gasteiger partial charge >= 0.3 is 5.97 Å². The fraction of sp³-hybridized carbons (Fsp3) is 0.579. The van der Waals surface area contributed by atoms with Crippen LogP contribution in [-0.2, 0) is 16.1 Å². The molecular formula is C19H27NO4. The molecule has 2 N–H and O–H groups in total. The van der Waals surface area contributed by atoms with E-state index in [4.69, 9.17) is 4.74 Å². The number of rotatable bonds is 7. The number of ether oxygens (including phenoxy) is 1. The molecule has 0 heterocycles. The highest BCUT2D eigenvalue weighted by Crippen LogP contribution is 2.36. The zero-order chi connectivity index (χ0) is 17.6. The van der Waals surface area contributed by atoms with E-state index in [0.717, 1.165) is 24.8 Å². The van der Waals surface area contributed by atoms with Crippen LogP contribution in [0.4, 0.5) is 0 Å². The van der Waals surface area contributed by atoms with Gasteiger partial charge in [0.25, 0.3) is 5.91 Å². The summed E-state index contributed by atoms with van der Waals surface area (Å²) in [5.74, 6) is -1.03. The Bertz CT molecular complexity index is 559. The van der Waals surface area contributed by atoms with Crippen LogP contribution >= 0.6 is 0 Å². The van der Waals surface area contributed by atoms with Crippen LogP contribution in [0.5, 0.6) is 0 Å². The number of amides is 1. The summed E-state index contributed by atoms with van der Waals surface area (Å²) in [4.78, 5) is 23.9. The van der Waals surface area contributed by atoms with Crippen molar-refractivity contribution in [3.8, 4) is 0 Å². The average molecular weight is 333 g/mol. The molecule has 1 aromatic rings. The van der Waals surface area contributed by atoms with E-state index in [1.165, 1.54) is 0 Å². The third kappa shape index (κ3) is 4.81. The number of carboxylic acid groups (broad SMARTS) is 1. The van der Waals surface area contributed by atoms with E-state index in [-0.39, 0.29) is 18.6 Å². The van der Waals surface area contributed by atoms with Gasteiger partial charge in [-0.05, 0) is 44.4 Å². The van der Waals surface area contributed by atoms with Crippen molar-refractivity contribution in [2.75, 3.05) is 6.54 Å². The number of carbonyl (C=O) groups is 2. The maximum atomic E-state index is 12.3. The predicted molar refractivity (Wildman–Crippen MR) is 91.9 cm³/mol. The zero-order valence-electron chi connectivity index (χ0n) is 14.5. The monoisotopic (exact) mass is 333 g/mol. The number of aliphatic carboxylic acids is 1. The Hall–Kier alpha value is -1.88. The van der Waals surface area contributed by atoms with E-state index in [0.29, 0.717) is 25.0 Å². The minimum Gasteiger partial charge on any atom is -0.481 e. The van der Waals surface area contributed by atoms with Gasteiger partial charge in [0.2, 0.25) is 0 Å². The first-order valence-electron chi connectivity index (χ1n) is 8.65. The lowest BCUT2D eigenvalue weighted by Crippen LogP contribution is -2.44. The molecule has 2 rings (SSSR count). The molecular weight excluding hydrogens is 306 g/mol. The van der Waals surface area contributed by atoms with Crippen LogP contribution in [0.15, 0.2) is 24.3 Å². The van der Waals surface area contributed by atoms with E-state index in [1.54, 1.807) is 12.1 Å². The molecule has 1 fully saturated rings. The van der Waals surface area contributed by atoms with Gasteiger partial charge in [-0.1, -0.05) is 31.4 Å². The maximum absolute atomic E-state index is 12.3. The molecule has 0 atom stereocenters. The molecule has 5 nitrogen and oxygen atoms in total. The zero-order valence-corrected chi connectivity index (χ0v) is 14.5. The van der Waals surface area contributed by atoms with Crippen molar-refractivity contribution in [1.82, 2.24) is 5.32 Å². The topological polar surface area (TPSA) is 75.6 Å². The minimum absolute atomic E-state index is 0.163. The van der Waals surface area contributed by atoms with Crippen molar-refractivity contribution < 1.29 is 19.4 Å². The highest BCUT2D eigenvalue weighted by Gasteiger charge is 2.39. The van der Waals surface area contributed by atoms with Gasteiger partial charge in [0.05, 0.1) is 18.1 Å². The van der Waals surface area contributed by atoms with Crippen LogP contribution < -0.4 is 5.32 Å². The van der Waals surface area contributed by atoms with Crippen molar-refractivity contribution >= 4 is 11.9 Å². The van der Waals surface area contributed by atoms with Crippen LogP contribution in [0.3, 0.4) is 0 Å². The third-order valence-electron chi connectivity index (χ3n) is 4.65. The molecule has 0 aromatic heterocycles. The molecule has 24 heavy (non-hydrogen) atoms. The summed E-state index contributed by atoms with van der Waals surface area (Å²) in [6.07, 6.45) is 4.32. The van der Waals surface area contributed by atoms with Crippen LogP contribution in [0.25, 0.3) is 0 Å². The Morgan fingerprint density at radius 2 is 1.79 bits per heavy atom. The summed E-state index contributed by atoms with van der Waals surface area (Å²) in [5.41, 5.74) is 0.744. The van der Waals surface area contributed by atoms with Crippen LogP contribution in [0.2, 0.25) is 0 Å². The highest BCUT2D eigenvalue weighted by molar-refractivity contribution is 5.94. The fourth-order valence-corrected chi connectivity index (χ4v) is 3.06. The predicted octanol–water partition coefficient (Wildman–Crippen LogP) is 3.38. The maximum Gasteiger partial charge on any atom is 0.311 e. The van der Waals surface area contributed by atoms with Gasteiger partial charge in [0.15, 0.2) is 0 Å². The van der Waals surface area contributed by atoms with E-state index in [2.05, 4.69) is 5.32 Å². The Kier molecular flexibility index (Phi) is 6.37. The normalized spacial score (nSPS) is 16.8. The Balaban J connectivity index is 1.93. The van der Waals surface area contributed by atoms with Gasteiger partial charge < -0.3 is 15.2 Å². The molecule has 1 saturated carbocycles. The number of nitrogens with one attached hydrogen (secondary N) is 1. The quantitative estimate of drug-likeness (QED) is 0.802. The van der Waals surface area contributed by atoms with Gasteiger partial charge in [0, 0.05) is 12.1 Å². The molecule has 0 spiro atoms. The van der Waals surface area contributed by atoms with E-state index in [9.17, 15) is 14.7 Å². The molecule has 5 heteroatoms. The van der Waals surface area contributed by atoms with Gasteiger partial charge in [0.1, 0.15) is 0 Å². The lowest BCUT2D eigenvalue weighted by Gasteiger charge is -2.33. The summed E-state index contributed by atoms with van der Waals surface area (Å²) in [6.45, 7) is 4.66. The minimum atomic E-state index is -0.807. The van der Waals surface area contributed by atoms with Crippen molar-refractivity contribution in [2.45, 2.75) is 58.7 Å². The molecule has 132 valence electrons.